The second-order valence-electron chi connectivity index (χ2n) is 4.31. The molecule has 2 rings (SSSR count). The molecule has 1 aromatic rings. The van der Waals surface area contributed by atoms with Gasteiger partial charge in [0.2, 0.25) is 0 Å². The van der Waals surface area contributed by atoms with E-state index < -0.39 is 23.6 Å². The lowest BCUT2D eigenvalue weighted by molar-refractivity contribution is -0.140. The fourth-order valence-electron chi connectivity index (χ4n) is 1.83. The van der Waals surface area contributed by atoms with E-state index in [1.165, 1.54) is 12.1 Å². The molecule has 0 spiro atoms. The predicted molar refractivity (Wildman–Crippen MR) is 57.3 cm³/mol. The second-order valence-corrected chi connectivity index (χ2v) is 4.31. The Morgan fingerprint density at radius 3 is 2.41 bits per heavy atom. The molecule has 0 aromatic heterocycles. The Bertz CT molecular complexity index is 412. The van der Waals surface area contributed by atoms with Crippen LogP contribution in [0.3, 0.4) is 0 Å². The fourth-order valence-corrected chi connectivity index (χ4v) is 1.83. The molecule has 2 N–H and O–H groups in total. The first-order chi connectivity index (χ1) is 8.06. The van der Waals surface area contributed by atoms with Crippen LogP contribution >= 0.6 is 0 Å². The smallest absolute Gasteiger partial charge is 0.320 e. The highest BCUT2D eigenvalue weighted by atomic mass is 19.1. The topological polar surface area (TPSA) is 49.3 Å². The van der Waals surface area contributed by atoms with Gasteiger partial charge in [0.1, 0.15) is 17.7 Å². The maximum absolute atomic E-state index is 12.9. The summed E-state index contributed by atoms with van der Waals surface area (Å²) in [6, 6.07) is 2.56. The van der Waals surface area contributed by atoms with Crippen LogP contribution in [0.15, 0.2) is 18.2 Å². The molecule has 1 aliphatic rings. The molecular weight excluding hydrogens is 228 g/mol. The summed E-state index contributed by atoms with van der Waals surface area (Å²) in [4.78, 5) is 10.9. The van der Waals surface area contributed by atoms with Crippen LogP contribution in [-0.2, 0) is 11.3 Å². The zero-order valence-corrected chi connectivity index (χ0v) is 9.12. The first-order valence-corrected chi connectivity index (χ1v) is 5.47. The van der Waals surface area contributed by atoms with Crippen molar-refractivity contribution in [2.24, 2.45) is 5.92 Å². The van der Waals surface area contributed by atoms with Crippen molar-refractivity contribution in [2.75, 3.05) is 0 Å². The zero-order chi connectivity index (χ0) is 12.4. The number of carboxylic acids is 1. The molecular formula is C12H13F2NO2. The molecule has 0 bridgehead atoms. The number of rotatable bonds is 5. The number of carboxylic acid groups (broad SMARTS) is 1. The maximum Gasteiger partial charge on any atom is 0.320 e. The highest BCUT2D eigenvalue weighted by molar-refractivity contribution is 5.74. The van der Waals surface area contributed by atoms with Crippen LogP contribution in [0.4, 0.5) is 8.78 Å². The van der Waals surface area contributed by atoms with Crippen molar-refractivity contribution in [3.8, 4) is 0 Å². The Labute approximate surface area is 97.5 Å². The van der Waals surface area contributed by atoms with Gasteiger partial charge in [0, 0.05) is 12.6 Å². The molecule has 0 heterocycles. The number of halogens is 2. The molecule has 0 aliphatic heterocycles. The van der Waals surface area contributed by atoms with Gasteiger partial charge in [-0.3, -0.25) is 4.79 Å². The molecule has 1 atom stereocenters. The maximum atomic E-state index is 12.9. The Balaban J connectivity index is 1.98. The molecule has 1 aliphatic carbocycles. The van der Waals surface area contributed by atoms with Gasteiger partial charge >= 0.3 is 5.97 Å². The average molecular weight is 241 g/mol. The van der Waals surface area contributed by atoms with Crippen molar-refractivity contribution >= 4 is 5.97 Å². The minimum atomic E-state index is -0.913. The number of nitrogens with one attached hydrogen (secondary N) is 1. The number of carbonyl (C=O) groups is 1. The monoisotopic (exact) mass is 241 g/mol. The van der Waals surface area contributed by atoms with Gasteiger partial charge in [0.15, 0.2) is 0 Å². The molecule has 17 heavy (non-hydrogen) atoms. The van der Waals surface area contributed by atoms with E-state index in [1.54, 1.807) is 0 Å². The van der Waals surface area contributed by atoms with Gasteiger partial charge in [-0.2, -0.15) is 0 Å². The SMILES string of the molecule is O=C(O)C(NCc1cc(F)cc(F)c1)C1CC1. The molecule has 0 radical (unpaired) electrons. The lowest BCUT2D eigenvalue weighted by Gasteiger charge is -2.13. The number of benzene rings is 1. The zero-order valence-electron chi connectivity index (χ0n) is 9.12. The molecule has 1 saturated carbocycles. The Morgan fingerprint density at radius 2 is 1.94 bits per heavy atom. The number of hydrogen-bond donors (Lipinski definition) is 2. The van der Waals surface area contributed by atoms with E-state index in [4.69, 9.17) is 5.11 Å². The minimum Gasteiger partial charge on any atom is -0.480 e. The van der Waals surface area contributed by atoms with Crippen LogP contribution in [0.5, 0.6) is 0 Å². The van der Waals surface area contributed by atoms with Crippen LogP contribution in [0.1, 0.15) is 18.4 Å². The molecule has 5 heteroatoms. The van der Waals surface area contributed by atoms with E-state index in [-0.39, 0.29) is 12.5 Å². The van der Waals surface area contributed by atoms with Gasteiger partial charge in [-0.05, 0) is 36.5 Å². The quantitative estimate of drug-likeness (QED) is 0.828. The standard InChI is InChI=1S/C12H13F2NO2/c13-9-3-7(4-10(14)5-9)6-15-11(12(16)17)8-1-2-8/h3-5,8,11,15H,1-2,6H2,(H,16,17). The summed E-state index contributed by atoms with van der Waals surface area (Å²) in [5, 5.41) is 11.8. The number of hydrogen-bond acceptors (Lipinski definition) is 2. The summed E-state index contributed by atoms with van der Waals surface area (Å²) in [6.07, 6.45) is 1.78. The third-order valence-electron chi connectivity index (χ3n) is 2.81. The summed E-state index contributed by atoms with van der Waals surface area (Å²) in [5.74, 6) is -2.07. The van der Waals surface area contributed by atoms with Crippen molar-refractivity contribution in [3.63, 3.8) is 0 Å². The number of aliphatic carboxylic acids is 1. The molecule has 0 amide bonds. The van der Waals surface area contributed by atoms with Crippen LogP contribution in [0.2, 0.25) is 0 Å². The van der Waals surface area contributed by atoms with Gasteiger partial charge in [-0.1, -0.05) is 0 Å². The normalized spacial score (nSPS) is 16.8. The molecule has 1 unspecified atom stereocenters. The van der Waals surface area contributed by atoms with Gasteiger partial charge in [0.25, 0.3) is 0 Å². The van der Waals surface area contributed by atoms with Gasteiger partial charge < -0.3 is 10.4 Å². The summed E-state index contributed by atoms with van der Waals surface area (Å²) < 4.78 is 25.8. The fraction of sp³-hybridized carbons (Fsp3) is 0.417. The van der Waals surface area contributed by atoms with Gasteiger partial charge in [0.05, 0.1) is 0 Å². The van der Waals surface area contributed by atoms with Crippen molar-refractivity contribution in [2.45, 2.75) is 25.4 Å². The molecule has 1 fully saturated rings. The van der Waals surface area contributed by atoms with E-state index in [2.05, 4.69) is 5.32 Å². The highest BCUT2D eigenvalue weighted by Crippen LogP contribution is 2.32. The summed E-state index contributed by atoms with van der Waals surface area (Å²) in [7, 11) is 0. The third-order valence-corrected chi connectivity index (χ3v) is 2.81. The molecule has 1 aromatic carbocycles. The average Bonchev–Trinajstić information content (AvgIpc) is 3.00. The van der Waals surface area contributed by atoms with Crippen LogP contribution in [0, 0.1) is 17.6 Å². The summed E-state index contributed by atoms with van der Waals surface area (Å²) in [5.41, 5.74) is 0.411. The second kappa shape index (κ2) is 4.79. The van der Waals surface area contributed by atoms with E-state index in [0.29, 0.717) is 5.56 Å². The lowest BCUT2D eigenvalue weighted by atomic mass is 10.1. The predicted octanol–water partition coefficient (Wildman–Crippen LogP) is 1.92. The Hall–Kier alpha value is -1.49. The lowest BCUT2D eigenvalue weighted by Crippen LogP contribution is -2.38. The first kappa shape index (κ1) is 12.0. The van der Waals surface area contributed by atoms with Crippen molar-refractivity contribution in [1.29, 1.82) is 0 Å². The van der Waals surface area contributed by atoms with Crippen molar-refractivity contribution < 1.29 is 18.7 Å². The van der Waals surface area contributed by atoms with E-state index in [0.717, 1.165) is 18.9 Å². The Morgan fingerprint density at radius 1 is 1.35 bits per heavy atom. The van der Waals surface area contributed by atoms with Crippen LogP contribution in [-0.4, -0.2) is 17.1 Å². The first-order valence-electron chi connectivity index (χ1n) is 5.47. The van der Waals surface area contributed by atoms with Crippen LogP contribution < -0.4 is 5.32 Å². The van der Waals surface area contributed by atoms with Gasteiger partial charge in [-0.25, -0.2) is 8.78 Å². The van der Waals surface area contributed by atoms with Crippen molar-refractivity contribution in [3.05, 3.63) is 35.4 Å². The molecule has 92 valence electrons. The van der Waals surface area contributed by atoms with E-state index >= 15 is 0 Å². The largest absolute Gasteiger partial charge is 0.480 e. The molecule has 0 saturated heterocycles. The van der Waals surface area contributed by atoms with Crippen molar-refractivity contribution in [1.82, 2.24) is 5.32 Å². The molecule has 3 nitrogen and oxygen atoms in total. The highest BCUT2D eigenvalue weighted by Gasteiger charge is 2.35. The minimum absolute atomic E-state index is 0.144. The Kier molecular flexibility index (Phi) is 3.38. The summed E-state index contributed by atoms with van der Waals surface area (Å²) in [6.45, 7) is 0.155. The van der Waals surface area contributed by atoms with Crippen LogP contribution in [0.25, 0.3) is 0 Å². The third kappa shape index (κ3) is 3.23. The van der Waals surface area contributed by atoms with E-state index in [1.807, 2.05) is 0 Å². The summed E-state index contributed by atoms with van der Waals surface area (Å²) >= 11 is 0. The van der Waals surface area contributed by atoms with Gasteiger partial charge in [-0.15, -0.1) is 0 Å². The van der Waals surface area contributed by atoms with E-state index in [9.17, 15) is 13.6 Å².